The molecular formula is C14H20FNO3. The first-order valence-corrected chi connectivity index (χ1v) is 6.14. The van der Waals surface area contributed by atoms with Crippen LogP contribution in [0, 0.1) is 12.7 Å². The van der Waals surface area contributed by atoms with Gasteiger partial charge in [0, 0.05) is 6.04 Å². The minimum atomic E-state index is -1.18. The lowest BCUT2D eigenvalue weighted by molar-refractivity contribution is -0.145. The lowest BCUT2D eigenvalue weighted by Gasteiger charge is -2.28. The van der Waals surface area contributed by atoms with Crippen LogP contribution in [0.2, 0.25) is 0 Å². The molecule has 0 saturated heterocycles. The fourth-order valence-electron chi connectivity index (χ4n) is 1.74. The summed E-state index contributed by atoms with van der Waals surface area (Å²) in [6, 6.07) is 4.35. The first-order chi connectivity index (χ1) is 8.74. The minimum absolute atomic E-state index is 0.0136. The Morgan fingerprint density at radius 1 is 1.53 bits per heavy atom. The summed E-state index contributed by atoms with van der Waals surface area (Å²) in [6.07, 6.45) is 0. The Bertz CT molecular complexity index is 462. The van der Waals surface area contributed by atoms with E-state index in [0.29, 0.717) is 11.3 Å². The van der Waals surface area contributed by atoms with Gasteiger partial charge in [-0.1, -0.05) is 0 Å². The Morgan fingerprint density at radius 2 is 2.16 bits per heavy atom. The summed E-state index contributed by atoms with van der Waals surface area (Å²) < 4.78 is 18.6. The number of carboxylic acid groups (broad SMARTS) is 1. The summed E-state index contributed by atoms with van der Waals surface area (Å²) in [4.78, 5) is 11.3. The number of nitrogens with one attached hydrogen (secondary N) is 1. The van der Waals surface area contributed by atoms with Crippen LogP contribution in [0.4, 0.5) is 4.39 Å². The third-order valence-corrected chi connectivity index (χ3v) is 2.74. The third-order valence-electron chi connectivity index (χ3n) is 2.74. The van der Waals surface area contributed by atoms with Crippen LogP contribution in [-0.4, -0.2) is 29.3 Å². The number of ether oxygens (including phenoxy) is 1. The van der Waals surface area contributed by atoms with E-state index in [9.17, 15) is 14.3 Å². The van der Waals surface area contributed by atoms with Gasteiger partial charge in [0.05, 0.1) is 0 Å². The van der Waals surface area contributed by atoms with E-state index in [-0.39, 0.29) is 18.5 Å². The highest BCUT2D eigenvalue weighted by Crippen LogP contribution is 2.18. The summed E-state index contributed by atoms with van der Waals surface area (Å²) in [7, 11) is 0. The van der Waals surface area contributed by atoms with Crippen molar-refractivity contribution >= 4 is 5.97 Å². The molecular weight excluding hydrogens is 249 g/mol. The van der Waals surface area contributed by atoms with E-state index in [4.69, 9.17) is 4.74 Å². The molecule has 1 aromatic rings. The molecule has 0 amide bonds. The molecule has 0 aromatic heterocycles. The van der Waals surface area contributed by atoms with Gasteiger partial charge < -0.3 is 9.84 Å². The number of benzene rings is 1. The second kappa shape index (κ2) is 6.02. The van der Waals surface area contributed by atoms with Gasteiger partial charge in [-0.25, -0.2) is 4.39 Å². The van der Waals surface area contributed by atoms with Gasteiger partial charge in [-0.3, -0.25) is 10.1 Å². The van der Waals surface area contributed by atoms with Gasteiger partial charge in [-0.15, -0.1) is 0 Å². The van der Waals surface area contributed by atoms with Crippen molar-refractivity contribution in [3.8, 4) is 5.75 Å². The molecule has 0 heterocycles. The number of hydrogen-bond donors (Lipinski definition) is 2. The quantitative estimate of drug-likeness (QED) is 0.832. The number of halogens is 1. The number of carbonyl (C=O) groups is 1. The van der Waals surface area contributed by atoms with Crippen molar-refractivity contribution in [3.63, 3.8) is 0 Å². The average Bonchev–Trinajstić information content (AvgIpc) is 2.29. The molecule has 1 rings (SSSR count). The normalized spacial score (nSPS) is 14.2. The zero-order valence-electron chi connectivity index (χ0n) is 11.7. The maximum Gasteiger partial charge on any atom is 0.327 e. The largest absolute Gasteiger partial charge is 0.491 e. The molecule has 2 N–H and O–H groups in total. The molecule has 4 nitrogen and oxygen atoms in total. The standard InChI is InChI=1S/C14H20FNO3/c1-9(2)16-14(4,13(17)18)8-19-11-5-6-12(15)10(3)7-11/h5-7,9,16H,8H2,1-4H3,(H,17,18). The van der Waals surface area contributed by atoms with E-state index >= 15 is 0 Å². The Morgan fingerprint density at radius 3 is 2.63 bits per heavy atom. The fraction of sp³-hybridized carbons (Fsp3) is 0.500. The Kier molecular flexibility index (Phi) is 4.89. The predicted octanol–water partition coefficient (Wildman–Crippen LogP) is 2.35. The molecule has 0 aliphatic heterocycles. The van der Waals surface area contributed by atoms with Crippen molar-refractivity contribution in [2.75, 3.05) is 6.61 Å². The van der Waals surface area contributed by atoms with E-state index in [1.807, 2.05) is 13.8 Å². The molecule has 1 unspecified atom stereocenters. The maximum atomic E-state index is 13.1. The van der Waals surface area contributed by atoms with E-state index in [2.05, 4.69) is 5.32 Å². The number of aryl methyl sites for hydroxylation is 1. The van der Waals surface area contributed by atoms with Crippen molar-refractivity contribution in [2.24, 2.45) is 0 Å². The maximum absolute atomic E-state index is 13.1. The molecule has 0 spiro atoms. The van der Waals surface area contributed by atoms with Crippen LogP contribution in [0.25, 0.3) is 0 Å². The van der Waals surface area contributed by atoms with E-state index < -0.39 is 11.5 Å². The topological polar surface area (TPSA) is 58.6 Å². The molecule has 106 valence electrons. The van der Waals surface area contributed by atoms with Gasteiger partial charge in [0.15, 0.2) is 0 Å². The molecule has 0 bridgehead atoms. The fourth-order valence-corrected chi connectivity index (χ4v) is 1.74. The second-order valence-corrected chi connectivity index (χ2v) is 5.14. The molecule has 0 saturated carbocycles. The van der Waals surface area contributed by atoms with Crippen molar-refractivity contribution < 1.29 is 19.0 Å². The molecule has 19 heavy (non-hydrogen) atoms. The Hall–Kier alpha value is -1.62. The monoisotopic (exact) mass is 269 g/mol. The lowest BCUT2D eigenvalue weighted by atomic mass is 10.0. The van der Waals surface area contributed by atoms with Crippen LogP contribution in [0.1, 0.15) is 26.3 Å². The highest BCUT2D eigenvalue weighted by Gasteiger charge is 2.34. The van der Waals surface area contributed by atoms with Crippen LogP contribution >= 0.6 is 0 Å². The van der Waals surface area contributed by atoms with Gasteiger partial charge in [0.1, 0.15) is 23.7 Å². The average molecular weight is 269 g/mol. The molecule has 0 fully saturated rings. The molecule has 0 aliphatic carbocycles. The molecule has 5 heteroatoms. The molecule has 0 radical (unpaired) electrons. The predicted molar refractivity (Wildman–Crippen MR) is 70.9 cm³/mol. The smallest absolute Gasteiger partial charge is 0.327 e. The highest BCUT2D eigenvalue weighted by molar-refractivity contribution is 5.78. The van der Waals surface area contributed by atoms with Crippen LogP contribution in [-0.2, 0) is 4.79 Å². The first kappa shape index (κ1) is 15.4. The first-order valence-electron chi connectivity index (χ1n) is 6.14. The summed E-state index contributed by atoms with van der Waals surface area (Å²) in [5, 5.41) is 12.2. The van der Waals surface area contributed by atoms with E-state index in [1.54, 1.807) is 19.9 Å². The van der Waals surface area contributed by atoms with Crippen molar-refractivity contribution in [2.45, 2.75) is 39.3 Å². The highest BCUT2D eigenvalue weighted by atomic mass is 19.1. The number of rotatable bonds is 6. The summed E-state index contributed by atoms with van der Waals surface area (Å²) in [6.45, 7) is 6.88. The number of carboxylic acids is 1. The molecule has 1 atom stereocenters. The van der Waals surface area contributed by atoms with Gasteiger partial charge >= 0.3 is 5.97 Å². The Balaban J connectivity index is 2.76. The van der Waals surface area contributed by atoms with Crippen LogP contribution in [0.3, 0.4) is 0 Å². The number of hydrogen-bond acceptors (Lipinski definition) is 3. The van der Waals surface area contributed by atoms with E-state index in [1.165, 1.54) is 12.1 Å². The SMILES string of the molecule is Cc1cc(OCC(C)(NC(C)C)C(=O)O)ccc1F. The van der Waals surface area contributed by atoms with Gasteiger partial charge in [-0.05, 0) is 51.5 Å². The van der Waals surface area contributed by atoms with Crippen LogP contribution in [0.15, 0.2) is 18.2 Å². The van der Waals surface area contributed by atoms with Crippen molar-refractivity contribution in [1.29, 1.82) is 0 Å². The molecule has 1 aromatic carbocycles. The van der Waals surface area contributed by atoms with Crippen molar-refractivity contribution in [1.82, 2.24) is 5.32 Å². The second-order valence-electron chi connectivity index (χ2n) is 5.14. The molecule has 0 aliphatic rings. The van der Waals surface area contributed by atoms with Gasteiger partial charge in [0.25, 0.3) is 0 Å². The van der Waals surface area contributed by atoms with Crippen LogP contribution in [0.5, 0.6) is 5.75 Å². The van der Waals surface area contributed by atoms with Gasteiger partial charge in [-0.2, -0.15) is 0 Å². The summed E-state index contributed by atoms with van der Waals surface area (Å²) >= 11 is 0. The Labute approximate surface area is 112 Å². The van der Waals surface area contributed by atoms with Crippen molar-refractivity contribution in [3.05, 3.63) is 29.6 Å². The van der Waals surface area contributed by atoms with Crippen LogP contribution < -0.4 is 10.1 Å². The zero-order chi connectivity index (χ0) is 14.6. The lowest BCUT2D eigenvalue weighted by Crippen LogP contribution is -2.56. The van der Waals surface area contributed by atoms with E-state index in [0.717, 1.165) is 0 Å². The number of aliphatic carboxylic acids is 1. The zero-order valence-corrected chi connectivity index (χ0v) is 11.7. The third kappa shape index (κ3) is 4.21. The summed E-state index contributed by atoms with van der Waals surface area (Å²) in [5.74, 6) is -0.842. The van der Waals surface area contributed by atoms with Gasteiger partial charge in [0.2, 0.25) is 0 Å². The minimum Gasteiger partial charge on any atom is -0.491 e. The summed E-state index contributed by atoms with van der Waals surface area (Å²) in [5.41, 5.74) is -0.720.